The van der Waals surface area contributed by atoms with Crippen LogP contribution in [0.15, 0.2) is 29.4 Å². The first-order valence-electron chi connectivity index (χ1n) is 2.80. The predicted octanol–water partition coefficient (Wildman–Crippen LogP) is 2.37. The van der Waals surface area contributed by atoms with E-state index in [0.29, 0.717) is 0 Å². The molecule has 0 bridgehead atoms. The second kappa shape index (κ2) is 3.22. The monoisotopic (exact) mass is 154 g/mol. The first kappa shape index (κ1) is 7.09. The Kier molecular flexibility index (Phi) is 2.29. The van der Waals surface area contributed by atoms with Crippen molar-refractivity contribution in [3.05, 3.63) is 29.3 Å². The van der Waals surface area contributed by atoms with Gasteiger partial charge in [0.2, 0.25) is 0 Å². The molecule has 0 atom stereocenters. The fourth-order valence-corrected chi connectivity index (χ4v) is 0.742. The summed E-state index contributed by atoms with van der Waals surface area (Å²) in [5.41, 5.74) is 3.58. The molecule has 0 amide bonds. The molecule has 1 N–H and O–H groups in total. The maximum absolute atomic E-state index is 5.64. The lowest BCUT2D eigenvalue weighted by Gasteiger charge is -1.96. The van der Waals surface area contributed by atoms with E-state index in [1.807, 2.05) is 12.1 Å². The molecule has 0 heterocycles. The van der Waals surface area contributed by atoms with Gasteiger partial charge in [-0.15, -0.1) is 0 Å². The van der Waals surface area contributed by atoms with E-state index in [0.717, 1.165) is 10.7 Å². The largest absolute Gasteiger partial charge is 0.279 e. The summed E-state index contributed by atoms with van der Waals surface area (Å²) in [5.74, 6) is 0. The van der Waals surface area contributed by atoms with Crippen molar-refractivity contribution in [2.75, 3.05) is 5.43 Å². The van der Waals surface area contributed by atoms with Gasteiger partial charge in [-0.05, 0) is 24.3 Å². The maximum atomic E-state index is 5.64. The van der Waals surface area contributed by atoms with Gasteiger partial charge in [-0.25, -0.2) is 0 Å². The van der Waals surface area contributed by atoms with Crippen LogP contribution in [0.2, 0.25) is 5.02 Å². The normalized spacial score (nSPS) is 8.90. The Hall–Kier alpha value is -1.02. The zero-order valence-corrected chi connectivity index (χ0v) is 6.10. The topological polar surface area (TPSA) is 24.4 Å². The number of hydrogen-bond donors (Lipinski definition) is 1. The lowest BCUT2D eigenvalue weighted by molar-refractivity contribution is 1.37. The fourth-order valence-electron chi connectivity index (χ4n) is 0.616. The Labute approximate surface area is 64.5 Å². The second-order valence-corrected chi connectivity index (χ2v) is 2.21. The average Bonchev–Trinajstić information content (AvgIpc) is 1.95. The number of halogens is 1. The minimum atomic E-state index is 0.717. The van der Waals surface area contributed by atoms with Crippen molar-refractivity contribution in [3.8, 4) is 0 Å². The molecule has 1 aromatic carbocycles. The highest BCUT2D eigenvalue weighted by molar-refractivity contribution is 6.30. The van der Waals surface area contributed by atoms with Crippen molar-refractivity contribution in [2.45, 2.75) is 0 Å². The molecule has 0 spiro atoms. The van der Waals surface area contributed by atoms with Crippen molar-refractivity contribution in [1.82, 2.24) is 0 Å². The lowest BCUT2D eigenvalue weighted by atomic mass is 10.3. The van der Waals surface area contributed by atoms with E-state index in [2.05, 4.69) is 17.2 Å². The Balaban J connectivity index is 2.78. The Bertz CT molecular complexity index is 218. The summed E-state index contributed by atoms with van der Waals surface area (Å²) in [6, 6.07) is 7.23. The van der Waals surface area contributed by atoms with Crippen LogP contribution in [0.4, 0.5) is 5.69 Å². The van der Waals surface area contributed by atoms with Crippen LogP contribution in [0.1, 0.15) is 0 Å². The summed E-state index contributed by atoms with van der Waals surface area (Å²) >= 11 is 5.64. The smallest absolute Gasteiger partial charge is 0.0562 e. The summed E-state index contributed by atoms with van der Waals surface area (Å²) in [5, 5.41) is 4.21. The van der Waals surface area contributed by atoms with E-state index >= 15 is 0 Å². The van der Waals surface area contributed by atoms with Crippen LogP contribution in [0.5, 0.6) is 0 Å². The zero-order valence-electron chi connectivity index (χ0n) is 5.34. The molecule has 3 heteroatoms. The van der Waals surface area contributed by atoms with Gasteiger partial charge in [-0.2, -0.15) is 5.10 Å². The van der Waals surface area contributed by atoms with Crippen LogP contribution in [-0.2, 0) is 0 Å². The van der Waals surface area contributed by atoms with Crippen molar-refractivity contribution in [1.29, 1.82) is 0 Å². The van der Waals surface area contributed by atoms with E-state index in [1.165, 1.54) is 0 Å². The molecule has 52 valence electrons. The molecule has 1 aromatic rings. The summed E-state index contributed by atoms with van der Waals surface area (Å²) in [4.78, 5) is 0. The third kappa shape index (κ3) is 1.74. The van der Waals surface area contributed by atoms with Gasteiger partial charge in [0.1, 0.15) is 0 Å². The standard InChI is InChI=1S/C7H7ClN2/c1-9-10-7-4-2-6(8)3-5-7/h2-5,10H,1H2. The molecule has 1 rings (SSSR count). The van der Waals surface area contributed by atoms with Gasteiger partial charge in [0.05, 0.1) is 5.69 Å². The number of rotatable bonds is 2. The number of nitrogens with one attached hydrogen (secondary N) is 1. The van der Waals surface area contributed by atoms with E-state index in [4.69, 9.17) is 11.6 Å². The van der Waals surface area contributed by atoms with Crippen LogP contribution in [-0.4, -0.2) is 6.72 Å². The van der Waals surface area contributed by atoms with Crippen molar-refractivity contribution >= 4 is 24.0 Å². The third-order valence-corrected chi connectivity index (χ3v) is 1.30. The SMILES string of the molecule is C=NNc1ccc(Cl)cc1. The van der Waals surface area contributed by atoms with Gasteiger partial charge in [-0.3, -0.25) is 5.43 Å². The predicted molar refractivity (Wildman–Crippen MR) is 44.6 cm³/mol. The fraction of sp³-hybridized carbons (Fsp3) is 0. The van der Waals surface area contributed by atoms with Crippen LogP contribution >= 0.6 is 11.6 Å². The number of hydrazone groups is 1. The van der Waals surface area contributed by atoms with E-state index in [-0.39, 0.29) is 0 Å². The third-order valence-electron chi connectivity index (χ3n) is 1.05. The highest BCUT2D eigenvalue weighted by Crippen LogP contribution is 2.12. The van der Waals surface area contributed by atoms with Crippen LogP contribution in [0, 0.1) is 0 Å². The molecule has 0 aliphatic carbocycles. The Morgan fingerprint density at radius 3 is 2.40 bits per heavy atom. The van der Waals surface area contributed by atoms with Crippen LogP contribution in [0.3, 0.4) is 0 Å². The molecule has 10 heavy (non-hydrogen) atoms. The number of anilines is 1. The second-order valence-electron chi connectivity index (χ2n) is 1.78. The van der Waals surface area contributed by atoms with Gasteiger partial charge < -0.3 is 0 Å². The first-order valence-corrected chi connectivity index (χ1v) is 3.18. The summed E-state index contributed by atoms with van der Waals surface area (Å²) < 4.78 is 0. The molecule has 0 aromatic heterocycles. The summed E-state index contributed by atoms with van der Waals surface area (Å²) in [6.07, 6.45) is 0. The number of hydrogen-bond acceptors (Lipinski definition) is 2. The summed E-state index contributed by atoms with van der Waals surface area (Å²) in [7, 11) is 0. The van der Waals surface area contributed by atoms with E-state index in [1.54, 1.807) is 12.1 Å². The highest BCUT2D eigenvalue weighted by atomic mass is 35.5. The summed E-state index contributed by atoms with van der Waals surface area (Å²) in [6.45, 7) is 3.28. The van der Waals surface area contributed by atoms with Gasteiger partial charge in [0, 0.05) is 11.7 Å². The molecule has 2 nitrogen and oxygen atoms in total. The molecule has 0 aliphatic heterocycles. The van der Waals surface area contributed by atoms with E-state index < -0.39 is 0 Å². The van der Waals surface area contributed by atoms with Crippen molar-refractivity contribution in [2.24, 2.45) is 5.10 Å². The molecule has 0 saturated carbocycles. The number of benzene rings is 1. The Morgan fingerprint density at radius 1 is 1.30 bits per heavy atom. The number of nitrogens with zero attached hydrogens (tertiary/aromatic N) is 1. The molecule has 0 fully saturated rings. The first-order chi connectivity index (χ1) is 4.83. The van der Waals surface area contributed by atoms with E-state index in [9.17, 15) is 0 Å². The van der Waals surface area contributed by atoms with Gasteiger partial charge in [0.25, 0.3) is 0 Å². The van der Waals surface area contributed by atoms with Crippen molar-refractivity contribution < 1.29 is 0 Å². The molecule has 0 radical (unpaired) electrons. The van der Waals surface area contributed by atoms with Crippen LogP contribution < -0.4 is 5.43 Å². The van der Waals surface area contributed by atoms with Gasteiger partial charge >= 0.3 is 0 Å². The lowest BCUT2D eigenvalue weighted by Crippen LogP contribution is -1.84. The molecule has 0 unspecified atom stereocenters. The zero-order chi connectivity index (χ0) is 7.40. The van der Waals surface area contributed by atoms with Gasteiger partial charge in [-0.1, -0.05) is 11.6 Å². The highest BCUT2D eigenvalue weighted by Gasteiger charge is 1.87. The molecule has 0 saturated heterocycles. The van der Waals surface area contributed by atoms with Gasteiger partial charge in [0.15, 0.2) is 0 Å². The maximum Gasteiger partial charge on any atom is 0.0562 e. The molecular weight excluding hydrogens is 148 g/mol. The minimum Gasteiger partial charge on any atom is -0.279 e. The Morgan fingerprint density at radius 2 is 1.90 bits per heavy atom. The molecular formula is C7H7ClN2. The average molecular weight is 155 g/mol. The minimum absolute atomic E-state index is 0.717. The van der Waals surface area contributed by atoms with Crippen molar-refractivity contribution in [3.63, 3.8) is 0 Å². The quantitative estimate of drug-likeness (QED) is 0.513. The van der Waals surface area contributed by atoms with Crippen LogP contribution in [0.25, 0.3) is 0 Å². The molecule has 0 aliphatic rings.